The van der Waals surface area contributed by atoms with E-state index in [-0.39, 0.29) is 11.7 Å². The van der Waals surface area contributed by atoms with Crippen LogP contribution in [0.1, 0.15) is 53.6 Å². The lowest BCUT2D eigenvalue weighted by molar-refractivity contribution is 0.0951. The van der Waals surface area contributed by atoms with Gasteiger partial charge in [0.2, 0.25) is 0 Å². The molecule has 5 rings (SSSR count). The van der Waals surface area contributed by atoms with Crippen molar-refractivity contribution in [3.05, 3.63) is 89.4 Å². The Morgan fingerprint density at radius 1 is 1.03 bits per heavy atom. The van der Waals surface area contributed by atoms with Gasteiger partial charge in [-0.2, -0.15) is 0 Å². The molecule has 1 fully saturated rings. The Morgan fingerprint density at radius 3 is 2.57 bits per heavy atom. The smallest absolute Gasteiger partial charge is 0.251 e. The van der Waals surface area contributed by atoms with Crippen LogP contribution in [0.5, 0.6) is 0 Å². The molecule has 180 valence electrons. The van der Waals surface area contributed by atoms with Gasteiger partial charge in [-0.25, -0.2) is 9.37 Å². The Bertz CT molecular complexity index is 1330. The molecule has 2 aromatic carbocycles. The van der Waals surface area contributed by atoms with Gasteiger partial charge in [0.05, 0.1) is 0 Å². The average Bonchev–Trinajstić information content (AvgIpc) is 3.25. The summed E-state index contributed by atoms with van der Waals surface area (Å²) in [5, 5.41) is 6.67. The summed E-state index contributed by atoms with van der Waals surface area (Å²) < 4.78 is 15.5. The molecule has 0 bridgehead atoms. The number of hydrogen-bond donors (Lipinski definition) is 3. The highest BCUT2D eigenvalue weighted by Crippen LogP contribution is 2.32. The van der Waals surface area contributed by atoms with E-state index in [0.717, 1.165) is 41.0 Å². The second-order valence-corrected chi connectivity index (χ2v) is 9.15. The molecule has 4 aromatic rings. The van der Waals surface area contributed by atoms with Gasteiger partial charge in [-0.3, -0.25) is 9.20 Å². The van der Waals surface area contributed by atoms with Gasteiger partial charge in [-0.1, -0.05) is 43.5 Å². The molecule has 7 heteroatoms. The topological polar surface area (TPSA) is 84.5 Å². The summed E-state index contributed by atoms with van der Waals surface area (Å²) in [6.45, 7) is 0.882. The van der Waals surface area contributed by atoms with Crippen LogP contribution >= 0.6 is 0 Å². The van der Waals surface area contributed by atoms with E-state index in [4.69, 9.17) is 10.7 Å². The molecule has 1 saturated carbocycles. The largest absolute Gasteiger partial charge is 0.367 e. The van der Waals surface area contributed by atoms with Crippen molar-refractivity contribution in [2.45, 2.75) is 51.2 Å². The van der Waals surface area contributed by atoms with Gasteiger partial charge in [0.15, 0.2) is 0 Å². The van der Waals surface area contributed by atoms with Gasteiger partial charge in [-0.15, -0.1) is 0 Å². The summed E-state index contributed by atoms with van der Waals surface area (Å²) >= 11 is 0. The third-order valence-electron chi connectivity index (χ3n) is 6.63. The standard InChI is InChI=1S/C28H30FN5O/c29-23-11-9-21(10-12-23)26-27(32-24-7-2-1-3-8-24)34-14-13-22(16-25(34)33-26)28(35)31-18-20-6-4-5-19(15-20)17-30/h4-6,9-16,24,32H,1-3,7-8,17-18,30H2,(H,31,35). The van der Waals surface area contributed by atoms with Crippen molar-refractivity contribution in [3.63, 3.8) is 0 Å². The van der Waals surface area contributed by atoms with Crippen LogP contribution in [0.2, 0.25) is 0 Å². The number of nitrogens with one attached hydrogen (secondary N) is 2. The first kappa shape index (κ1) is 23.1. The summed E-state index contributed by atoms with van der Waals surface area (Å²) in [4.78, 5) is 17.7. The van der Waals surface area contributed by atoms with Gasteiger partial charge in [-0.05, 0) is 60.4 Å². The number of halogens is 1. The van der Waals surface area contributed by atoms with Crippen LogP contribution in [-0.2, 0) is 13.1 Å². The van der Waals surface area contributed by atoms with Gasteiger partial charge >= 0.3 is 0 Å². The second kappa shape index (κ2) is 10.3. The van der Waals surface area contributed by atoms with Crippen LogP contribution in [0.25, 0.3) is 16.9 Å². The molecule has 4 N–H and O–H groups in total. The van der Waals surface area contributed by atoms with Crippen LogP contribution in [0.15, 0.2) is 66.9 Å². The van der Waals surface area contributed by atoms with E-state index in [9.17, 15) is 9.18 Å². The minimum Gasteiger partial charge on any atom is -0.367 e. The van der Waals surface area contributed by atoms with Crippen molar-refractivity contribution < 1.29 is 9.18 Å². The highest BCUT2D eigenvalue weighted by Gasteiger charge is 2.20. The quantitative estimate of drug-likeness (QED) is 0.343. The molecule has 0 radical (unpaired) electrons. The van der Waals surface area contributed by atoms with Crippen molar-refractivity contribution in [2.75, 3.05) is 5.32 Å². The van der Waals surface area contributed by atoms with E-state index in [1.807, 2.05) is 34.9 Å². The summed E-state index contributed by atoms with van der Waals surface area (Å²) in [5.74, 6) is 0.429. The molecule has 0 spiro atoms. The number of amides is 1. The highest BCUT2D eigenvalue weighted by atomic mass is 19.1. The maximum absolute atomic E-state index is 13.6. The number of benzene rings is 2. The zero-order valence-corrected chi connectivity index (χ0v) is 19.6. The number of carbonyl (C=O) groups excluding carboxylic acids is 1. The maximum Gasteiger partial charge on any atom is 0.251 e. The molecule has 6 nitrogen and oxygen atoms in total. The summed E-state index contributed by atoms with van der Waals surface area (Å²) in [6.07, 6.45) is 7.79. The molecule has 0 unspecified atom stereocenters. The van der Waals surface area contributed by atoms with Crippen LogP contribution in [0, 0.1) is 5.82 Å². The van der Waals surface area contributed by atoms with Crippen LogP contribution in [0.4, 0.5) is 10.2 Å². The zero-order chi connectivity index (χ0) is 24.2. The highest BCUT2D eigenvalue weighted by molar-refractivity contribution is 5.95. The van der Waals surface area contributed by atoms with Gasteiger partial charge in [0.1, 0.15) is 23.0 Å². The number of nitrogens with zero attached hydrogens (tertiary/aromatic N) is 2. The van der Waals surface area contributed by atoms with E-state index in [0.29, 0.717) is 30.3 Å². The first-order valence-corrected chi connectivity index (χ1v) is 12.2. The van der Waals surface area contributed by atoms with E-state index in [1.165, 1.54) is 31.4 Å². The SMILES string of the molecule is NCc1cccc(CNC(=O)c2ccn3c(NC4CCCCC4)c(-c4ccc(F)cc4)nc3c2)c1. The number of aromatic nitrogens is 2. The minimum absolute atomic E-state index is 0.168. The summed E-state index contributed by atoms with van der Waals surface area (Å²) in [5.41, 5.74) is 10.5. The molecule has 35 heavy (non-hydrogen) atoms. The third kappa shape index (κ3) is 5.20. The van der Waals surface area contributed by atoms with Gasteiger partial charge in [0, 0.05) is 36.5 Å². The lowest BCUT2D eigenvalue weighted by atomic mass is 9.95. The summed E-state index contributed by atoms with van der Waals surface area (Å²) in [6, 6.07) is 18.2. The van der Waals surface area contributed by atoms with Crippen molar-refractivity contribution in [1.29, 1.82) is 0 Å². The first-order valence-electron chi connectivity index (χ1n) is 12.2. The fraction of sp³-hybridized carbons (Fsp3) is 0.286. The molecule has 1 aliphatic carbocycles. The third-order valence-corrected chi connectivity index (χ3v) is 6.63. The molecule has 2 aromatic heterocycles. The Kier molecular flexibility index (Phi) is 6.77. The normalized spacial score (nSPS) is 14.2. The average molecular weight is 472 g/mol. The zero-order valence-electron chi connectivity index (χ0n) is 19.6. The number of fused-ring (bicyclic) bond motifs is 1. The lowest BCUT2D eigenvalue weighted by Gasteiger charge is -2.24. The summed E-state index contributed by atoms with van der Waals surface area (Å²) in [7, 11) is 0. The molecule has 0 saturated heterocycles. The van der Waals surface area contributed by atoms with Gasteiger partial charge in [0.25, 0.3) is 5.91 Å². The number of rotatable bonds is 7. The van der Waals surface area contributed by atoms with E-state index in [2.05, 4.69) is 10.6 Å². The number of anilines is 1. The molecular formula is C28H30FN5O. The number of pyridine rings is 1. The fourth-order valence-electron chi connectivity index (χ4n) is 4.72. The monoisotopic (exact) mass is 471 g/mol. The van der Waals surface area contributed by atoms with Gasteiger partial charge < -0.3 is 16.4 Å². The van der Waals surface area contributed by atoms with E-state index < -0.39 is 0 Å². The van der Waals surface area contributed by atoms with Crippen LogP contribution < -0.4 is 16.4 Å². The van der Waals surface area contributed by atoms with Crippen molar-refractivity contribution in [3.8, 4) is 11.3 Å². The molecule has 0 atom stereocenters. The van der Waals surface area contributed by atoms with Crippen molar-refractivity contribution >= 4 is 17.4 Å². The van der Waals surface area contributed by atoms with Crippen LogP contribution in [0.3, 0.4) is 0 Å². The minimum atomic E-state index is -0.282. The Balaban J connectivity index is 1.43. The Morgan fingerprint density at radius 2 is 1.80 bits per heavy atom. The lowest BCUT2D eigenvalue weighted by Crippen LogP contribution is -2.24. The molecule has 1 amide bonds. The molecular weight excluding hydrogens is 441 g/mol. The predicted molar refractivity (Wildman–Crippen MR) is 137 cm³/mol. The van der Waals surface area contributed by atoms with Crippen molar-refractivity contribution in [1.82, 2.24) is 14.7 Å². The number of nitrogens with two attached hydrogens (primary N) is 1. The number of imidazole rings is 1. The van der Waals surface area contributed by atoms with Crippen molar-refractivity contribution in [2.24, 2.45) is 5.73 Å². The van der Waals surface area contributed by atoms with Crippen LogP contribution in [-0.4, -0.2) is 21.3 Å². The van der Waals surface area contributed by atoms with E-state index >= 15 is 0 Å². The first-order chi connectivity index (χ1) is 17.1. The number of carbonyl (C=O) groups is 1. The number of hydrogen-bond acceptors (Lipinski definition) is 4. The Labute approximate surface area is 204 Å². The molecule has 2 heterocycles. The molecule has 0 aliphatic heterocycles. The Hall–Kier alpha value is -3.71. The van der Waals surface area contributed by atoms with E-state index in [1.54, 1.807) is 24.3 Å². The fourth-order valence-corrected chi connectivity index (χ4v) is 4.72. The predicted octanol–water partition coefficient (Wildman–Crippen LogP) is 5.27. The second-order valence-electron chi connectivity index (χ2n) is 9.15. The molecule has 1 aliphatic rings. The maximum atomic E-state index is 13.6.